The Morgan fingerprint density at radius 3 is 2.74 bits per heavy atom. The number of ether oxygens (including phenoxy) is 1. The molecule has 0 unspecified atom stereocenters. The van der Waals surface area contributed by atoms with Crippen molar-refractivity contribution >= 4 is 17.3 Å². The minimum absolute atomic E-state index is 0.594. The molecule has 5 nitrogen and oxygen atoms in total. The van der Waals surface area contributed by atoms with Crippen LogP contribution < -0.4 is 15.4 Å². The number of nitrogens with zero attached hydrogens (tertiary/aromatic N) is 2. The quantitative estimate of drug-likeness (QED) is 0.529. The molecule has 0 saturated heterocycles. The number of aryl methyl sites for hydroxylation is 3. The smallest absolute Gasteiger partial charge is 0.191 e. The molecule has 0 atom stereocenters. The van der Waals surface area contributed by atoms with Crippen molar-refractivity contribution in [1.29, 1.82) is 0 Å². The minimum Gasteiger partial charge on any atom is -0.493 e. The third-order valence-electron chi connectivity index (χ3n) is 4.56. The molecular formula is C21H30N4OS. The van der Waals surface area contributed by atoms with E-state index in [0.717, 1.165) is 53.6 Å². The molecule has 2 N–H and O–H groups in total. The van der Waals surface area contributed by atoms with Gasteiger partial charge in [0.2, 0.25) is 0 Å². The van der Waals surface area contributed by atoms with Gasteiger partial charge in [-0.3, -0.25) is 0 Å². The lowest BCUT2D eigenvalue weighted by Gasteiger charge is -2.13. The van der Waals surface area contributed by atoms with Crippen molar-refractivity contribution in [3.8, 4) is 5.75 Å². The summed E-state index contributed by atoms with van der Waals surface area (Å²) in [5, 5.41) is 7.84. The lowest BCUT2D eigenvalue weighted by molar-refractivity contribution is 0.296. The number of thiazole rings is 1. The Kier molecular flexibility index (Phi) is 6.72. The van der Waals surface area contributed by atoms with Crippen LogP contribution >= 0.6 is 11.3 Å². The van der Waals surface area contributed by atoms with E-state index in [9.17, 15) is 0 Å². The molecule has 1 saturated carbocycles. The zero-order valence-corrected chi connectivity index (χ0v) is 17.6. The van der Waals surface area contributed by atoms with E-state index < -0.39 is 0 Å². The van der Waals surface area contributed by atoms with Crippen LogP contribution in [0.4, 0.5) is 0 Å². The summed E-state index contributed by atoms with van der Waals surface area (Å²) in [6.07, 6.45) is 2.59. The van der Waals surface area contributed by atoms with E-state index in [1.807, 2.05) is 6.92 Å². The normalized spacial score (nSPS) is 14.3. The van der Waals surface area contributed by atoms with Gasteiger partial charge in [0.15, 0.2) is 5.96 Å². The van der Waals surface area contributed by atoms with E-state index in [4.69, 9.17) is 9.73 Å². The van der Waals surface area contributed by atoms with Gasteiger partial charge >= 0.3 is 0 Å². The lowest BCUT2D eigenvalue weighted by atomic mass is 10.1. The summed E-state index contributed by atoms with van der Waals surface area (Å²) < 4.78 is 6.07. The monoisotopic (exact) mass is 386 g/mol. The Labute approximate surface area is 166 Å². The summed E-state index contributed by atoms with van der Waals surface area (Å²) in [7, 11) is 0. The summed E-state index contributed by atoms with van der Waals surface area (Å²) in [5.41, 5.74) is 3.44. The molecule has 0 amide bonds. The van der Waals surface area contributed by atoms with Crippen molar-refractivity contribution in [2.24, 2.45) is 10.9 Å². The van der Waals surface area contributed by atoms with Crippen molar-refractivity contribution in [2.45, 2.75) is 53.6 Å². The highest BCUT2D eigenvalue weighted by Gasteiger charge is 2.22. The van der Waals surface area contributed by atoms with Gasteiger partial charge in [-0.25, -0.2) is 9.98 Å². The molecule has 1 aromatic carbocycles. The van der Waals surface area contributed by atoms with Crippen LogP contribution in [0.1, 0.15) is 46.5 Å². The molecule has 27 heavy (non-hydrogen) atoms. The van der Waals surface area contributed by atoms with Crippen molar-refractivity contribution < 1.29 is 4.74 Å². The standard InChI is InChI=1S/C21H30N4OS/c1-5-22-21(24-12-20-15(3)25-16(4)27-20)23-11-18-9-6-14(2)10-19(18)26-13-17-7-8-17/h6,9-10,17H,5,7-8,11-13H2,1-4H3,(H2,22,23,24). The van der Waals surface area contributed by atoms with Gasteiger partial charge in [0.05, 0.1) is 30.4 Å². The van der Waals surface area contributed by atoms with Crippen molar-refractivity contribution in [1.82, 2.24) is 15.6 Å². The second kappa shape index (κ2) is 9.22. The third kappa shape index (κ3) is 5.96. The van der Waals surface area contributed by atoms with Gasteiger partial charge < -0.3 is 15.4 Å². The van der Waals surface area contributed by atoms with Gasteiger partial charge in [-0.05, 0) is 58.1 Å². The van der Waals surface area contributed by atoms with Gasteiger partial charge in [0, 0.05) is 17.0 Å². The molecule has 0 spiro atoms. The van der Waals surface area contributed by atoms with Crippen LogP contribution in [0.5, 0.6) is 5.75 Å². The Balaban J connectivity index is 1.65. The maximum atomic E-state index is 6.07. The number of guanidine groups is 1. The van der Waals surface area contributed by atoms with Crippen molar-refractivity contribution in [3.05, 3.63) is 44.9 Å². The number of hydrogen-bond acceptors (Lipinski definition) is 4. The number of aliphatic imine (C=N–C) groups is 1. The van der Waals surface area contributed by atoms with Crippen molar-refractivity contribution in [2.75, 3.05) is 13.2 Å². The molecular weight excluding hydrogens is 356 g/mol. The molecule has 2 aromatic rings. The van der Waals surface area contributed by atoms with Crippen LogP contribution in [0.3, 0.4) is 0 Å². The molecule has 146 valence electrons. The Hall–Kier alpha value is -2.08. The highest BCUT2D eigenvalue weighted by atomic mass is 32.1. The van der Waals surface area contributed by atoms with E-state index >= 15 is 0 Å². The molecule has 1 aliphatic carbocycles. The fourth-order valence-electron chi connectivity index (χ4n) is 2.83. The number of benzene rings is 1. The summed E-state index contributed by atoms with van der Waals surface area (Å²) in [6.45, 7) is 11.3. The van der Waals surface area contributed by atoms with Crippen LogP contribution in [0.2, 0.25) is 0 Å². The highest BCUT2D eigenvalue weighted by Crippen LogP contribution is 2.31. The molecule has 6 heteroatoms. The fourth-order valence-corrected chi connectivity index (χ4v) is 3.70. The maximum absolute atomic E-state index is 6.07. The zero-order chi connectivity index (χ0) is 19.2. The predicted molar refractivity (Wildman–Crippen MR) is 113 cm³/mol. The summed E-state index contributed by atoms with van der Waals surface area (Å²) in [6, 6.07) is 6.37. The minimum atomic E-state index is 0.594. The Morgan fingerprint density at radius 1 is 1.26 bits per heavy atom. The average molecular weight is 387 g/mol. The van der Waals surface area contributed by atoms with Crippen LogP contribution in [-0.2, 0) is 13.1 Å². The SMILES string of the molecule is CCNC(=NCc1ccc(C)cc1OCC1CC1)NCc1sc(C)nc1C. The number of rotatable bonds is 8. The molecule has 1 heterocycles. The first kappa shape index (κ1) is 19.7. The number of hydrogen-bond donors (Lipinski definition) is 2. The first-order valence-electron chi connectivity index (χ1n) is 9.72. The third-order valence-corrected chi connectivity index (χ3v) is 5.63. The molecule has 3 rings (SSSR count). The van der Waals surface area contributed by atoms with Crippen LogP contribution in [-0.4, -0.2) is 24.1 Å². The molecule has 1 aromatic heterocycles. The fraction of sp³-hybridized carbons (Fsp3) is 0.524. The van der Waals surface area contributed by atoms with E-state index in [2.05, 4.69) is 54.6 Å². The summed E-state index contributed by atoms with van der Waals surface area (Å²) in [4.78, 5) is 10.5. The molecule has 1 fully saturated rings. The van der Waals surface area contributed by atoms with E-state index in [1.54, 1.807) is 11.3 Å². The number of nitrogens with one attached hydrogen (secondary N) is 2. The summed E-state index contributed by atoms with van der Waals surface area (Å²) >= 11 is 1.73. The van der Waals surface area contributed by atoms with Crippen LogP contribution in [0, 0.1) is 26.7 Å². The van der Waals surface area contributed by atoms with Crippen LogP contribution in [0.25, 0.3) is 0 Å². The molecule has 0 aliphatic heterocycles. The zero-order valence-electron chi connectivity index (χ0n) is 16.8. The Bertz CT molecular complexity index is 795. The van der Waals surface area contributed by atoms with E-state index in [-0.39, 0.29) is 0 Å². The Morgan fingerprint density at radius 2 is 2.07 bits per heavy atom. The van der Waals surface area contributed by atoms with Gasteiger partial charge in [0.1, 0.15) is 5.75 Å². The van der Waals surface area contributed by atoms with E-state index in [0.29, 0.717) is 6.54 Å². The van der Waals surface area contributed by atoms with Crippen molar-refractivity contribution in [3.63, 3.8) is 0 Å². The molecule has 0 radical (unpaired) electrons. The topological polar surface area (TPSA) is 58.5 Å². The van der Waals surface area contributed by atoms with Gasteiger partial charge in [-0.1, -0.05) is 12.1 Å². The molecule has 1 aliphatic rings. The highest BCUT2D eigenvalue weighted by molar-refractivity contribution is 7.11. The first-order chi connectivity index (χ1) is 13.0. The van der Waals surface area contributed by atoms with Gasteiger partial charge in [-0.2, -0.15) is 0 Å². The predicted octanol–water partition coefficient (Wildman–Crippen LogP) is 4.11. The van der Waals surface area contributed by atoms with E-state index in [1.165, 1.54) is 23.3 Å². The largest absolute Gasteiger partial charge is 0.493 e. The molecule has 0 bridgehead atoms. The maximum Gasteiger partial charge on any atom is 0.191 e. The average Bonchev–Trinajstić information content (AvgIpc) is 3.40. The first-order valence-corrected chi connectivity index (χ1v) is 10.5. The number of aromatic nitrogens is 1. The van der Waals surface area contributed by atoms with Gasteiger partial charge in [-0.15, -0.1) is 11.3 Å². The lowest BCUT2D eigenvalue weighted by Crippen LogP contribution is -2.36. The second-order valence-electron chi connectivity index (χ2n) is 7.16. The second-order valence-corrected chi connectivity index (χ2v) is 8.44. The van der Waals surface area contributed by atoms with Crippen LogP contribution in [0.15, 0.2) is 23.2 Å². The summed E-state index contributed by atoms with van der Waals surface area (Å²) in [5.74, 6) is 2.53. The van der Waals surface area contributed by atoms with Gasteiger partial charge in [0.25, 0.3) is 0 Å².